The minimum Gasteiger partial charge on any atom is -0.435 e. The number of aromatic nitrogens is 1. The number of sulfonamides is 1. The molecule has 8 nitrogen and oxygen atoms in total. The first-order valence-corrected chi connectivity index (χ1v) is 11.2. The van der Waals surface area contributed by atoms with Gasteiger partial charge in [-0.15, -0.1) is 0 Å². The third kappa shape index (κ3) is 4.67. The Morgan fingerprint density at radius 1 is 1.06 bits per heavy atom. The lowest BCUT2D eigenvalue weighted by Gasteiger charge is -2.16. The largest absolute Gasteiger partial charge is 0.435 e. The monoisotopic (exact) mass is 472 g/mol. The van der Waals surface area contributed by atoms with E-state index in [2.05, 4.69) is 14.7 Å². The Morgan fingerprint density at radius 3 is 2.36 bits per heavy atom. The van der Waals surface area contributed by atoms with Crippen LogP contribution in [0.15, 0.2) is 77.9 Å². The lowest BCUT2D eigenvalue weighted by Crippen LogP contribution is -2.30. The van der Waals surface area contributed by atoms with Crippen molar-refractivity contribution in [2.24, 2.45) is 4.99 Å². The lowest BCUT2D eigenvalue weighted by atomic mass is 10.1. The number of hydrogen-bond donors (Lipinski definition) is 1. The molecular weight excluding hydrogens is 454 g/mol. The minimum atomic E-state index is -4.16. The second kappa shape index (κ2) is 8.94. The van der Waals surface area contributed by atoms with E-state index in [1.807, 2.05) is 0 Å². The number of nitrogens with zero attached hydrogens (tertiary/aromatic N) is 3. The van der Waals surface area contributed by atoms with Crippen LogP contribution in [-0.2, 0) is 21.4 Å². The smallest absolute Gasteiger partial charge is 0.387 e. The normalized spacial score (nSPS) is 18.8. The number of ether oxygens (including phenoxy) is 1. The topological polar surface area (TPSA) is 115 Å². The number of aliphatic imine (C=N–C) groups is 1. The predicted molar refractivity (Wildman–Crippen MR) is 117 cm³/mol. The van der Waals surface area contributed by atoms with Crippen LogP contribution < -0.4 is 10.5 Å². The van der Waals surface area contributed by atoms with Crippen LogP contribution in [0.5, 0.6) is 5.75 Å². The van der Waals surface area contributed by atoms with Crippen LogP contribution in [0.3, 0.4) is 0 Å². The summed E-state index contributed by atoms with van der Waals surface area (Å²) in [6.07, 6.45) is 1.40. The number of pyridine rings is 1. The number of anilines is 1. The molecule has 1 unspecified atom stereocenters. The molecule has 1 atom stereocenters. The Balaban J connectivity index is 1.75. The second-order valence-corrected chi connectivity index (χ2v) is 9.05. The Morgan fingerprint density at radius 2 is 1.76 bits per heavy atom. The molecule has 2 heterocycles. The molecule has 4 rings (SSSR count). The molecule has 0 bridgehead atoms. The zero-order valence-corrected chi connectivity index (χ0v) is 17.8. The van der Waals surface area contributed by atoms with Gasteiger partial charge in [-0.1, -0.05) is 36.4 Å². The van der Waals surface area contributed by atoms with E-state index in [1.54, 1.807) is 36.4 Å². The van der Waals surface area contributed by atoms with Gasteiger partial charge in [0.2, 0.25) is 0 Å². The Labute approximate surface area is 188 Å². The molecule has 33 heavy (non-hydrogen) atoms. The minimum absolute atomic E-state index is 0.0867. The Hall–Kier alpha value is -3.86. The molecule has 1 aliphatic heterocycles. The van der Waals surface area contributed by atoms with Gasteiger partial charge in [-0.2, -0.15) is 8.78 Å². The highest BCUT2D eigenvalue weighted by Crippen LogP contribution is 2.37. The third-order valence-electron chi connectivity index (χ3n) is 4.89. The van der Waals surface area contributed by atoms with E-state index in [1.165, 1.54) is 36.5 Å². The summed E-state index contributed by atoms with van der Waals surface area (Å²) >= 11 is 0. The Kier molecular flexibility index (Phi) is 6.05. The van der Waals surface area contributed by atoms with Crippen molar-refractivity contribution in [2.75, 3.05) is 5.73 Å². The zero-order valence-electron chi connectivity index (χ0n) is 17.0. The summed E-state index contributed by atoms with van der Waals surface area (Å²) in [6, 6.07) is 16.6. The molecular formula is C22H18F2N4O4S. The van der Waals surface area contributed by atoms with E-state index in [4.69, 9.17) is 5.73 Å². The van der Waals surface area contributed by atoms with E-state index in [0.29, 0.717) is 11.1 Å². The van der Waals surface area contributed by atoms with E-state index in [0.717, 1.165) is 4.31 Å². The summed E-state index contributed by atoms with van der Waals surface area (Å²) in [5, 5.41) is -1.33. The summed E-state index contributed by atoms with van der Waals surface area (Å²) in [5.74, 6) is -0.608. The number of benzene rings is 2. The van der Waals surface area contributed by atoms with Gasteiger partial charge < -0.3 is 10.5 Å². The number of nitrogen functional groups attached to an aromatic ring is 1. The number of alkyl halides is 2. The molecule has 1 aliphatic rings. The fourth-order valence-electron chi connectivity index (χ4n) is 3.39. The third-order valence-corrected chi connectivity index (χ3v) is 6.89. The van der Waals surface area contributed by atoms with Crippen molar-refractivity contribution in [3.8, 4) is 5.75 Å². The summed E-state index contributed by atoms with van der Waals surface area (Å²) in [5.41, 5.74) is 6.44. The van der Waals surface area contributed by atoms with Crippen LogP contribution in [0.25, 0.3) is 0 Å². The van der Waals surface area contributed by atoms with Crippen molar-refractivity contribution in [1.29, 1.82) is 0 Å². The summed E-state index contributed by atoms with van der Waals surface area (Å²) in [7, 11) is -4.16. The molecule has 11 heteroatoms. The highest BCUT2D eigenvalue weighted by atomic mass is 32.2. The van der Waals surface area contributed by atoms with Gasteiger partial charge in [0.1, 0.15) is 17.3 Å². The van der Waals surface area contributed by atoms with Crippen molar-refractivity contribution < 1.29 is 26.7 Å². The van der Waals surface area contributed by atoms with Crippen molar-refractivity contribution in [2.45, 2.75) is 18.4 Å². The van der Waals surface area contributed by atoms with Gasteiger partial charge in [0.25, 0.3) is 15.9 Å². The van der Waals surface area contributed by atoms with E-state index >= 15 is 0 Å². The van der Waals surface area contributed by atoms with Crippen LogP contribution >= 0.6 is 0 Å². The van der Waals surface area contributed by atoms with Gasteiger partial charge >= 0.3 is 6.61 Å². The second-order valence-electron chi connectivity index (χ2n) is 7.11. The predicted octanol–water partition coefficient (Wildman–Crippen LogP) is 3.45. The molecule has 0 radical (unpaired) electrons. The lowest BCUT2D eigenvalue weighted by molar-refractivity contribution is -0.119. The van der Waals surface area contributed by atoms with Crippen molar-refractivity contribution >= 4 is 33.1 Å². The van der Waals surface area contributed by atoms with Crippen molar-refractivity contribution in [1.82, 2.24) is 9.29 Å². The van der Waals surface area contributed by atoms with Gasteiger partial charge in [-0.3, -0.25) is 4.79 Å². The van der Waals surface area contributed by atoms with Gasteiger partial charge in [0.05, 0.1) is 12.2 Å². The van der Waals surface area contributed by atoms with Crippen molar-refractivity contribution in [3.05, 3.63) is 84.1 Å². The number of hydrogen-bond acceptors (Lipinski definition) is 7. The van der Waals surface area contributed by atoms with Crippen LogP contribution in [0.4, 0.5) is 20.3 Å². The number of rotatable bonds is 6. The number of halogens is 2. The van der Waals surface area contributed by atoms with E-state index in [9.17, 15) is 22.0 Å². The maximum absolute atomic E-state index is 13.4. The molecule has 0 aliphatic carbocycles. The van der Waals surface area contributed by atoms with Gasteiger partial charge in [-0.25, -0.2) is 22.7 Å². The van der Waals surface area contributed by atoms with Crippen LogP contribution in [0.2, 0.25) is 0 Å². The molecule has 3 aromatic rings. The average molecular weight is 472 g/mol. The van der Waals surface area contributed by atoms with Crippen LogP contribution in [0, 0.1) is 0 Å². The standard InChI is InChI=1S/C22H18F2N4O4S/c23-22(24)32-17-9-7-16(8-10-17)27-19-20(15-4-2-1-3-5-15)33(30,31)28(21(19)29)13-14-6-11-18(25)26-12-14/h1-12,20,22H,13H2,(H2,25,26). The molecule has 1 saturated heterocycles. The molecule has 1 fully saturated rings. The number of carbonyl (C=O) groups is 1. The van der Waals surface area contributed by atoms with Gasteiger partial charge in [0.15, 0.2) is 5.25 Å². The zero-order chi connectivity index (χ0) is 23.6. The highest BCUT2D eigenvalue weighted by Gasteiger charge is 2.50. The molecule has 0 saturated carbocycles. The number of nitrogens with two attached hydrogens (primary N) is 1. The highest BCUT2D eigenvalue weighted by molar-refractivity contribution is 7.91. The maximum atomic E-state index is 13.4. The summed E-state index contributed by atoms with van der Waals surface area (Å²) in [4.78, 5) is 21.5. The molecule has 170 valence electrons. The van der Waals surface area contributed by atoms with Crippen LogP contribution in [-0.4, -0.2) is 35.9 Å². The molecule has 0 spiro atoms. The first-order valence-electron chi connectivity index (χ1n) is 9.70. The Bertz CT molecular complexity index is 1280. The average Bonchev–Trinajstić information content (AvgIpc) is 2.96. The fourth-order valence-corrected chi connectivity index (χ4v) is 5.23. The maximum Gasteiger partial charge on any atom is 0.387 e. The van der Waals surface area contributed by atoms with E-state index < -0.39 is 27.8 Å². The van der Waals surface area contributed by atoms with Gasteiger partial charge in [-0.05, 0) is 41.5 Å². The van der Waals surface area contributed by atoms with Gasteiger partial charge in [0, 0.05) is 6.20 Å². The first-order chi connectivity index (χ1) is 15.8. The molecule has 2 aromatic carbocycles. The van der Waals surface area contributed by atoms with Crippen molar-refractivity contribution in [3.63, 3.8) is 0 Å². The molecule has 1 amide bonds. The van der Waals surface area contributed by atoms with E-state index in [-0.39, 0.29) is 29.5 Å². The SMILES string of the molecule is Nc1ccc(CN2C(=O)C(=Nc3ccc(OC(F)F)cc3)C(c3ccccc3)S2(=O)=O)cn1. The van der Waals surface area contributed by atoms with Crippen LogP contribution in [0.1, 0.15) is 16.4 Å². The molecule has 1 aromatic heterocycles. The quantitative estimate of drug-likeness (QED) is 0.588. The number of amides is 1. The number of carbonyl (C=O) groups excluding carboxylic acids is 1. The summed E-state index contributed by atoms with van der Waals surface area (Å²) in [6.45, 7) is -3.22. The summed E-state index contributed by atoms with van der Waals surface area (Å²) < 4.78 is 56.7. The fraction of sp³-hybridized carbons (Fsp3) is 0.136. The first kappa shape index (κ1) is 22.3. The molecule has 2 N–H and O–H groups in total.